The van der Waals surface area contributed by atoms with Crippen LogP contribution in [0.2, 0.25) is 0 Å². The summed E-state index contributed by atoms with van der Waals surface area (Å²) in [6.07, 6.45) is -1.35. The fourth-order valence-corrected chi connectivity index (χ4v) is 3.30. The molecule has 2 amide bonds. The van der Waals surface area contributed by atoms with E-state index in [4.69, 9.17) is 14.2 Å². The average Bonchev–Trinajstić information content (AvgIpc) is 2.79. The molecule has 0 spiro atoms. The number of fused-ring (bicyclic) bond motifs is 1. The highest BCUT2D eigenvalue weighted by atomic mass is 16.6. The fraction of sp³-hybridized carbons (Fsp3) is 0.167. The van der Waals surface area contributed by atoms with Gasteiger partial charge in [0.2, 0.25) is 6.10 Å². The van der Waals surface area contributed by atoms with Crippen molar-refractivity contribution >= 4 is 23.2 Å². The molecule has 7 nitrogen and oxygen atoms in total. The Bertz CT molecular complexity index is 1110. The largest absolute Gasteiger partial charge is 0.497 e. The van der Waals surface area contributed by atoms with E-state index in [9.17, 15) is 9.59 Å². The van der Waals surface area contributed by atoms with Crippen molar-refractivity contribution in [3.8, 4) is 17.2 Å². The summed E-state index contributed by atoms with van der Waals surface area (Å²) in [5, 5.41) is 5.62. The van der Waals surface area contributed by atoms with Gasteiger partial charge in [0.15, 0.2) is 11.5 Å². The van der Waals surface area contributed by atoms with Crippen LogP contribution in [0.5, 0.6) is 17.2 Å². The number of rotatable bonds is 5. The second-order valence-corrected chi connectivity index (χ2v) is 7.03. The van der Waals surface area contributed by atoms with Crippen LogP contribution < -0.4 is 24.8 Å². The van der Waals surface area contributed by atoms with Crippen molar-refractivity contribution in [2.75, 3.05) is 17.7 Å². The number of anilines is 2. The Morgan fingerprint density at radius 3 is 2.35 bits per heavy atom. The lowest BCUT2D eigenvalue weighted by Gasteiger charge is -2.31. The molecule has 158 valence electrons. The molecule has 2 atom stereocenters. The van der Waals surface area contributed by atoms with E-state index in [0.717, 1.165) is 0 Å². The normalized spacial score (nSPS) is 16.8. The van der Waals surface area contributed by atoms with Crippen molar-refractivity contribution in [3.63, 3.8) is 0 Å². The van der Waals surface area contributed by atoms with E-state index < -0.39 is 18.1 Å². The first-order chi connectivity index (χ1) is 15.0. The van der Waals surface area contributed by atoms with Crippen molar-refractivity contribution in [2.24, 2.45) is 0 Å². The number of nitrogens with one attached hydrogen (secondary N) is 2. The third-order valence-electron chi connectivity index (χ3n) is 4.86. The maximum atomic E-state index is 12.9. The summed E-state index contributed by atoms with van der Waals surface area (Å²) < 4.78 is 16.8. The average molecular weight is 418 g/mol. The number of para-hydroxylation sites is 3. The molecular weight excluding hydrogens is 396 g/mol. The summed E-state index contributed by atoms with van der Waals surface area (Å²) in [5.74, 6) is 0.969. The van der Waals surface area contributed by atoms with E-state index in [1.54, 1.807) is 74.7 Å². The minimum Gasteiger partial charge on any atom is -0.497 e. The van der Waals surface area contributed by atoms with Gasteiger partial charge in [-0.2, -0.15) is 0 Å². The molecule has 7 heteroatoms. The van der Waals surface area contributed by atoms with Crippen molar-refractivity contribution in [1.29, 1.82) is 0 Å². The quantitative estimate of drug-likeness (QED) is 0.651. The lowest BCUT2D eigenvalue weighted by molar-refractivity contribution is -0.128. The van der Waals surface area contributed by atoms with Gasteiger partial charge in [-0.15, -0.1) is 0 Å². The Morgan fingerprint density at radius 1 is 0.871 bits per heavy atom. The summed E-state index contributed by atoms with van der Waals surface area (Å²) >= 11 is 0. The Kier molecular flexibility index (Phi) is 5.75. The number of methoxy groups -OCH3 is 1. The van der Waals surface area contributed by atoms with E-state index in [0.29, 0.717) is 34.2 Å². The summed E-state index contributed by atoms with van der Waals surface area (Å²) in [6.45, 7) is 1.77. The maximum Gasteiger partial charge on any atom is 0.269 e. The van der Waals surface area contributed by atoms with Gasteiger partial charge < -0.3 is 24.8 Å². The summed E-state index contributed by atoms with van der Waals surface area (Å²) in [5.41, 5.74) is 1.28. The molecule has 4 rings (SSSR count). The highest BCUT2D eigenvalue weighted by Crippen LogP contribution is 2.34. The lowest BCUT2D eigenvalue weighted by atomic mass is 10.1. The number of hydrogen-bond donors (Lipinski definition) is 2. The molecule has 31 heavy (non-hydrogen) atoms. The molecule has 3 aromatic rings. The molecule has 0 fully saturated rings. The molecule has 0 saturated carbocycles. The van der Waals surface area contributed by atoms with Crippen LogP contribution in [0.15, 0.2) is 72.8 Å². The first kappa shape index (κ1) is 20.3. The second-order valence-electron chi connectivity index (χ2n) is 7.03. The molecule has 1 heterocycles. The van der Waals surface area contributed by atoms with Crippen LogP contribution in [0.25, 0.3) is 0 Å². The minimum absolute atomic E-state index is 0.323. The molecule has 0 bridgehead atoms. The van der Waals surface area contributed by atoms with Gasteiger partial charge in [-0.1, -0.05) is 30.3 Å². The zero-order valence-electron chi connectivity index (χ0n) is 17.1. The monoisotopic (exact) mass is 418 g/mol. The van der Waals surface area contributed by atoms with Crippen LogP contribution in [0, 0.1) is 0 Å². The number of carbonyl (C=O) groups excluding carboxylic acids is 2. The third kappa shape index (κ3) is 4.45. The van der Waals surface area contributed by atoms with Crippen molar-refractivity contribution in [1.82, 2.24) is 0 Å². The summed E-state index contributed by atoms with van der Waals surface area (Å²) in [4.78, 5) is 25.8. The van der Waals surface area contributed by atoms with Gasteiger partial charge in [-0.25, -0.2) is 0 Å². The minimum atomic E-state index is -0.857. The van der Waals surface area contributed by atoms with Gasteiger partial charge in [0.1, 0.15) is 11.9 Å². The number of carbonyl (C=O) groups is 2. The highest BCUT2D eigenvalue weighted by molar-refractivity contribution is 6.10. The molecule has 0 aliphatic carbocycles. The Hall–Kier alpha value is -4.00. The molecule has 0 unspecified atom stereocenters. The van der Waals surface area contributed by atoms with E-state index in [-0.39, 0.29) is 5.91 Å². The smallest absolute Gasteiger partial charge is 0.269 e. The van der Waals surface area contributed by atoms with Crippen LogP contribution in [-0.4, -0.2) is 31.1 Å². The van der Waals surface area contributed by atoms with Crippen molar-refractivity contribution < 1.29 is 23.8 Å². The molecule has 0 radical (unpaired) electrons. The zero-order valence-corrected chi connectivity index (χ0v) is 17.1. The first-order valence-corrected chi connectivity index (χ1v) is 9.83. The molecule has 2 N–H and O–H groups in total. The lowest BCUT2D eigenvalue weighted by Crippen LogP contribution is -2.46. The molecular formula is C24H22N2O5. The predicted octanol–water partition coefficient (Wildman–Crippen LogP) is 4.11. The van der Waals surface area contributed by atoms with Crippen LogP contribution in [0.1, 0.15) is 17.3 Å². The Balaban J connectivity index is 1.51. The van der Waals surface area contributed by atoms with Gasteiger partial charge in [0.25, 0.3) is 11.8 Å². The van der Waals surface area contributed by atoms with Gasteiger partial charge in [-0.05, 0) is 43.3 Å². The van der Waals surface area contributed by atoms with Gasteiger partial charge in [0, 0.05) is 11.8 Å². The predicted molar refractivity (Wildman–Crippen MR) is 117 cm³/mol. The van der Waals surface area contributed by atoms with Crippen LogP contribution >= 0.6 is 0 Å². The summed E-state index contributed by atoms with van der Waals surface area (Å²) in [6, 6.07) is 21.0. The van der Waals surface area contributed by atoms with E-state index in [2.05, 4.69) is 10.6 Å². The first-order valence-electron chi connectivity index (χ1n) is 9.83. The second kappa shape index (κ2) is 8.79. The highest BCUT2D eigenvalue weighted by Gasteiger charge is 2.34. The third-order valence-corrected chi connectivity index (χ3v) is 4.86. The van der Waals surface area contributed by atoms with Crippen LogP contribution in [0.3, 0.4) is 0 Å². The molecule has 0 aromatic heterocycles. The SMILES string of the molecule is COc1cccc(NC(=O)c2ccccc2NC(=O)[C@@H]2Oc3ccccc3O[C@H]2C)c1. The van der Waals surface area contributed by atoms with E-state index in [1.165, 1.54) is 0 Å². The molecule has 3 aromatic carbocycles. The number of ether oxygens (including phenoxy) is 3. The maximum absolute atomic E-state index is 12.9. The molecule has 1 aliphatic rings. The Morgan fingerprint density at radius 2 is 1.58 bits per heavy atom. The van der Waals surface area contributed by atoms with Crippen molar-refractivity contribution in [2.45, 2.75) is 19.1 Å². The van der Waals surface area contributed by atoms with Gasteiger partial charge in [-0.3, -0.25) is 9.59 Å². The fourth-order valence-electron chi connectivity index (χ4n) is 3.30. The standard InChI is InChI=1S/C24H22N2O5/c1-15-22(31-21-13-6-5-12-20(21)30-15)24(28)26-19-11-4-3-10-18(19)23(27)25-16-8-7-9-17(14-16)29-2/h3-15,22H,1-2H3,(H,25,27)(H,26,28)/t15-,22+/m0/s1. The molecule has 1 aliphatic heterocycles. The topological polar surface area (TPSA) is 85.9 Å². The number of hydrogen-bond acceptors (Lipinski definition) is 5. The zero-order chi connectivity index (χ0) is 21.8. The summed E-state index contributed by atoms with van der Waals surface area (Å²) in [7, 11) is 1.56. The van der Waals surface area contributed by atoms with Crippen molar-refractivity contribution in [3.05, 3.63) is 78.4 Å². The molecule has 0 saturated heterocycles. The Labute approximate surface area is 179 Å². The van der Waals surface area contributed by atoms with E-state index >= 15 is 0 Å². The van der Waals surface area contributed by atoms with Crippen LogP contribution in [-0.2, 0) is 4.79 Å². The van der Waals surface area contributed by atoms with Gasteiger partial charge in [0.05, 0.1) is 18.4 Å². The number of amides is 2. The van der Waals surface area contributed by atoms with E-state index in [1.807, 2.05) is 12.1 Å². The van der Waals surface area contributed by atoms with Gasteiger partial charge >= 0.3 is 0 Å². The van der Waals surface area contributed by atoms with Crippen LogP contribution in [0.4, 0.5) is 11.4 Å². The number of benzene rings is 3.